The lowest BCUT2D eigenvalue weighted by Crippen LogP contribution is -2.14. The molecule has 0 radical (unpaired) electrons. The van der Waals surface area contributed by atoms with Crippen molar-refractivity contribution in [1.82, 2.24) is 14.8 Å². The van der Waals surface area contributed by atoms with Gasteiger partial charge < -0.3 is 14.6 Å². The van der Waals surface area contributed by atoms with E-state index in [0.29, 0.717) is 16.5 Å². The molecule has 3 rings (SSSR count). The largest absolute Gasteiger partial charge is 0.435 e. The van der Waals surface area contributed by atoms with Crippen molar-refractivity contribution in [1.29, 1.82) is 0 Å². The highest BCUT2D eigenvalue weighted by atomic mass is 35.5. The summed E-state index contributed by atoms with van der Waals surface area (Å²) in [7, 11) is 1.70. The average molecular weight is 470 g/mol. The van der Waals surface area contributed by atoms with E-state index < -0.39 is 17.4 Å². The maximum Gasteiger partial charge on any atom is 0.387 e. The molecule has 0 fully saturated rings. The number of thioether (sulfide) groups is 1. The highest BCUT2D eigenvalue weighted by Crippen LogP contribution is 2.28. The Kier molecular flexibility index (Phi) is 7.02. The fraction of sp³-hybridized carbons (Fsp3) is 0.167. The van der Waals surface area contributed by atoms with Crippen molar-refractivity contribution in [2.24, 2.45) is 7.05 Å². The van der Waals surface area contributed by atoms with Gasteiger partial charge in [0.25, 0.3) is 5.69 Å². The van der Waals surface area contributed by atoms with E-state index in [-0.39, 0.29) is 27.9 Å². The van der Waals surface area contributed by atoms with E-state index in [1.807, 2.05) is 0 Å². The number of hydrogen-bond acceptors (Lipinski definition) is 7. The number of rotatable bonds is 8. The number of benzene rings is 2. The number of nitrogens with one attached hydrogen (secondary N) is 1. The van der Waals surface area contributed by atoms with Crippen LogP contribution in [0.1, 0.15) is 0 Å². The minimum Gasteiger partial charge on any atom is -0.435 e. The Balaban J connectivity index is 1.63. The lowest BCUT2D eigenvalue weighted by molar-refractivity contribution is -0.384. The number of nitrogens with zero attached hydrogens (tertiary/aromatic N) is 4. The second kappa shape index (κ2) is 9.71. The second-order valence-electron chi connectivity index (χ2n) is 6.03. The van der Waals surface area contributed by atoms with E-state index in [4.69, 9.17) is 11.6 Å². The van der Waals surface area contributed by atoms with Crippen LogP contribution in [0, 0.1) is 10.1 Å². The predicted molar refractivity (Wildman–Crippen MR) is 111 cm³/mol. The summed E-state index contributed by atoms with van der Waals surface area (Å²) in [5.41, 5.74) is 0.558. The fourth-order valence-corrected chi connectivity index (χ4v) is 3.43. The standard InChI is InChI=1S/C18H14ClF2N5O4S/c1-25-16(10-2-5-12(6-3-10)30-17(20)21)23-24-18(25)31-9-15(27)22-11-4-7-13(19)14(8-11)26(28)29/h2-8,17H,9H2,1H3,(H,22,27). The Bertz CT molecular complexity index is 1110. The highest BCUT2D eigenvalue weighted by Gasteiger charge is 2.16. The van der Waals surface area contributed by atoms with Crippen LogP contribution in [0.25, 0.3) is 11.4 Å². The molecule has 162 valence electrons. The zero-order chi connectivity index (χ0) is 22.5. The van der Waals surface area contributed by atoms with Crippen molar-refractivity contribution in [2.45, 2.75) is 11.8 Å². The summed E-state index contributed by atoms with van der Waals surface area (Å²) >= 11 is 6.86. The van der Waals surface area contributed by atoms with Crippen LogP contribution in [0.4, 0.5) is 20.2 Å². The molecule has 2 aromatic carbocycles. The Morgan fingerprint density at radius 2 is 2.00 bits per heavy atom. The number of anilines is 1. The third-order valence-electron chi connectivity index (χ3n) is 3.93. The van der Waals surface area contributed by atoms with Crippen LogP contribution >= 0.6 is 23.4 Å². The van der Waals surface area contributed by atoms with Crippen molar-refractivity contribution in [3.8, 4) is 17.1 Å². The minimum atomic E-state index is -2.91. The minimum absolute atomic E-state index is 0.0228. The lowest BCUT2D eigenvalue weighted by Gasteiger charge is -2.07. The maximum absolute atomic E-state index is 12.3. The van der Waals surface area contributed by atoms with Crippen LogP contribution in [0.5, 0.6) is 5.75 Å². The molecule has 0 unspecified atom stereocenters. The van der Waals surface area contributed by atoms with Crippen molar-refractivity contribution in [3.63, 3.8) is 0 Å². The smallest absolute Gasteiger partial charge is 0.387 e. The summed E-state index contributed by atoms with van der Waals surface area (Å²) in [6, 6.07) is 9.87. The first-order chi connectivity index (χ1) is 14.7. The first-order valence-corrected chi connectivity index (χ1v) is 9.92. The van der Waals surface area contributed by atoms with E-state index in [1.165, 1.54) is 30.3 Å². The van der Waals surface area contributed by atoms with Crippen LogP contribution in [0.3, 0.4) is 0 Å². The van der Waals surface area contributed by atoms with Gasteiger partial charge in [-0.1, -0.05) is 23.4 Å². The number of nitro groups is 1. The first-order valence-electron chi connectivity index (χ1n) is 8.56. The van der Waals surface area contributed by atoms with E-state index in [9.17, 15) is 23.7 Å². The molecule has 9 nitrogen and oxygen atoms in total. The molecule has 0 spiro atoms. The quantitative estimate of drug-likeness (QED) is 0.296. The first kappa shape index (κ1) is 22.4. The number of hydrogen-bond donors (Lipinski definition) is 1. The molecule has 31 heavy (non-hydrogen) atoms. The van der Waals surface area contributed by atoms with Gasteiger partial charge in [0.2, 0.25) is 5.91 Å². The summed E-state index contributed by atoms with van der Waals surface area (Å²) in [5, 5.41) is 22.0. The fourth-order valence-electron chi connectivity index (χ4n) is 2.53. The lowest BCUT2D eigenvalue weighted by atomic mass is 10.2. The highest BCUT2D eigenvalue weighted by molar-refractivity contribution is 7.99. The molecule has 0 atom stereocenters. The Morgan fingerprint density at radius 1 is 1.29 bits per heavy atom. The zero-order valence-corrected chi connectivity index (χ0v) is 17.4. The summed E-state index contributed by atoms with van der Waals surface area (Å²) in [5.74, 6) is 0.0675. The summed E-state index contributed by atoms with van der Waals surface area (Å²) < 4.78 is 30.5. The SMILES string of the molecule is Cn1c(SCC(=O)Nc2ccc(Cl)c([N+](=O)[O-])c2)nnc1-c1ccc(OC(F)F)cc1. The molecular formula is C18H14ClF2N5O4S. The molecule has 0 saturated heterocycles. The van der Waals surface area contributed by atoms with Crippen LogP contribution in [-0.2, 0) is 11.8 Å². The number of alkyl halides is 2. The second-order valence-corrected chi connectivity index (χ2v) is 7.38. The molecule has 0 aliphatic heterocycles. The zero-order valence-electron chi connectivity index (χ0n) is 15.8. The molecule has 1 amide bonds. The van der Waals surface area contributed by atoms with Gasteiger partial charge in [0.05, 0.1) is 10.7 Å². The Labute approximate surface area is 183 Å². The van der Waals surface area contributed by atoms with Gasteiger partial charge in [0, 0.05) is 24.4 Å². The monoisotopic (exact) mass is 469 g/mol. The number of carbonyl (C=O) groups is 1. The normalized spacial score (nSPS) is 10.9. The van der Waals surface area contributed by atoms with Crippen molar-refractivity contribution >= 4 is 40.6 Å². The number of ether oxygens (including phenoxy) is 1. The molecule has 1 aromatic heterocycles. The molecule has 1 heterocycles. The van der Waals surface area contributed by atoms with Gasteiger partial charge in [0.15, 0.2) is 11.0 Å². The van der Waals surface area contributed by atoms with Crippen LogP contribution in [0.2, 0.25) is 5.02 Å². The van der Waals surface area contributed by atoms with Gasteiger partial charge in [-0.3, -0.25) is 14.9 Å². The molecule has 0 aliphatic rings. The van der Waals surface area contributed by atoms with Gasteiger partial charge in [-0.05, 0) is 36.4 Å². The Hall–Kier alpha value is -3.25. The van der Waals surface area contributed by atoms with Gasteiger partial charge in [-0.15, -0.1) is 10.2 Å². The Morgan fingerprint density at radius 3 is 2.65 bits per heavy atom. The van der Waals surface area contributed by atoms with Crippen molar-refractivity contribution in [2.75, 3.05) is 11.1 Å². The summed E-state index contributed by atoms with van der Waals surface area (Å²) in [4.78, 5) is 22.5. The van der Waals surface area contributed by atoms with E-state index in [0.717, 1.165) is 11.8 Å². The van der Waals surface area contributed by atoms with Gasteiger partial charge >= 0.3 is 6.61 Å². The van der Waals surface area contributed by atoms with Crippen molar-refractivity contribution in [3.05, 3.63) is 57.6 Å². The topological polar surface area (TPSA) is 112 Å². The van der Waals surface area contributed by atoms with Gasteiger partial charge in [-0.2, -0.15) is 8.78 Å². The number of aromatic nitrogens is 3. The predicted octanol–water partition coefficient (Wildman–Crippen LogP) is 4.38. The molecule has 0 saturated carbocycles. The average Bonchev–Trinajstić information content (AvgIpc) is 3.08. The van der Waals surface area contributed by atoms with Gasteiger partial charge in [0.1, 0.15) is 10.8 Å². The van der Waals surface area contributed by atoms with Crippen LogP contribution in [0.15, 0.2) is 47.6 Å². The number of halogens is 3. The molecular weight excluding hydrogens is 456 g/mol. The maximum atomic E-state index is 12.3. The number of nitro benzene ring substituents is 1. The molecule has 3 aromatic rings. The number of amides is 1. The van der Waals surface area contributed by atoms with Gasteiger partial charge in [-0.25, -0.2) is 0 Å². The van der Waals surface area contributed by atoms with Crippen molar-refractivity contribution < 1.29 is 23.2 Å². The van der Waals surface area contributed by atoms with Crippen LogP contribution in [-0.4, -0.2) is 38.0 Å². The van der Waals surface area contributed by atoms with E-state index in [1.54, 1.807) is 23.7 Å². The third-order valence-corrected chi connectivity index (χ3v) is 5.27. The summed E-state index contributed by atoms with van der Waals surface area (Å²) in [6.07, 6.45) is 0. The third kappa shape index (κ3) is 5.67. The van der Waals surface area contributed by atoms with E-state index in [2.05, 4.69) is 20.3 Å². The van der Waals surface area contributed by atoms with E-state index >= 15 is 0 Å². The molecule has 1 N–H and O–H groups in total. The molecule has 0 aliphatic carbocycles. The molecule has 0 bridgehead atoms. The van der Waals surface area contributed by atoms with Crippen LogP contribution < -0.4 is 10.1 Å². The summed E-state index contributed by atoms with van der Waals surface area (Å²) in [6.45, 7) is -2.91. The molecule has 13 heteroatoms. The number of carbonyl (C=O) groups excluding carboxylic acids is 1.